The van der Waals surface area contributed by atoms with E-state index in [9.17, 15) is 13.5 Å². The molecule has 112 valence electrons. The summed E-state index contributed by atoms with van der Waals surface area (Å²) in [7, 11) is -2.83. The number of nitrogens with zero attached hydrogens (tertiary/aromatic N) is 1. The topological polar surface area (TPSA) is 54.4 Å². The Morgan fingerprint density at radius 1 is 1.20 bits per heavy atom. The quantitative estimate of drug-likeness (QED) is 0.578. The maximum absolute atomic E-state index is 11.6. The molecule has 1 fully saturated rings. The van der Waals surface area contributed by atoms with Gasteiger partial charge in [-0.2, -0.15) is 0 Å². The molecule has 1 saturated heterocycles. The predicted molar refractivity (Wildman–Crippen MR) is 73.7 cm³/mol. The molecule has 4 nitrogen and oxygen atoms in total. The molecule has 2 heterocycles. The summed E-state index contributed by atoms with van der Waals surface area (Å²) in [6.45, 7) is 4.58. The number of hydrogen-bond donors (Lipinski definition) is 1. The third-order valence-electron chi connectivity index (χ3n) is 4.92. The molecular weight excluding hydrogens is 298 g/mol. The Bertz CT molecular complexity index is 601. The van der Waals surface area contributed by atoms with Crippen molar-refractivity contribution < 1.29 is 30.4 Å². The van der Waals surface area contributed by atoms with Crippen molar-refractivity contribution in [3.8, 4) is 5.75 Å². The monoisotopic (exact) mass is 317 g/mol. The summed E-state index contributed by atoms with van der Waals surface area (Å²) in [4.78, 5) is 0. The predicted octanol–water partition coefficient (Wildman–Crippen LogP) is -1.74. The van der Waals surface area contributed by atoms with Crippen molar-refractivity contribution in [1.82, 2.24) is 0 Å². The van der Waals surface area contributed by atoms with Crippen molar-refractivity contribution in [1.29, 1.82) is 0 Å². The number of sulfone groups is 1. The number of rotatable bonds is 0. The maximum atomic E-state index is 11.6. The van der Waals surface area contributed by atoms with Crippen molar-refractivity contribution in [2.24, 2.45) is 0 Å². The first-order chi connectivity index (χ1) is 8.92. The lowest BCUT2D eigenvalue weighted by Crippen LogP contribution is -3.00. The molecule has 2 aliphatic heterocycles. The largest absolute Gasteiger partial charge is 1.00 e. The molecule has 0 radical (unpaired) electrons. The van der Waals surface area contributed by atoms with Crippen LogP contribution in [0.15, 0.2) is 18.2 Å². The Morgan fingerprint density at radius 3 is 2.50 bits per heavy atom. The van der Waals surface area contributed by atoms with Crippen LogP contribution in [0.2, 0.25) is 0 Å². The molecule has 1 aromatic rings. The fourth-order valence-electron chi connectivity index (χ4n) is 3.50. The summed E-state index contributed by atoms with van der Waals surface area (Å²) >= 11 is 0. The van der Waals surface area contributed by atoms with E-state index >= 15 is 0 Å². The minimum Gasteiger partial charge on any atom is -1.00 e. The highest BCUT2D eigenvalue weighted by atomic mass is 35.5. The third kappa shape index (κ3) is 2.54. The van der Waals surface area contributed by atoms with Gasteiger partial charge < -0.3 is 22.0 Å². The van der Waals surface area contributed by atoms with Gasteiger partial charge in [-0.3, -0.25) is 0 Å². The van der Waals surface area contributed by atoms with E-state index in [-0.39, 0.29) is 18.4 Å². The zero-order valence-corrected chi connectivity index (χ0v) is 13.1. The van der Waals surface area contributed by atoms with E-state index in [0.717, 1.165) is 17.4 Å². The fraction of sp³-hybridized carbons (Fsp3) is 0.571. The number of aromatic hydroxyl groups is 1. The van der Waals surface area contributed by atoms with Gasteiger partial charge in [-0.1, -0.05) is 6.07 Å². The van der Waals surface area contributed by atoms with Crippen molar-refractivity contribution in [2.75, 3.05) is 31.1 Å². The zero-order valence-electron chi connectivity index (χ0n) is 11.5. The first-order valence-electron chi connectivity index (χ1n) is 6.80. The summed E-state index contributed by atoms with van der Waals surface area (Å²) in [5.41, 5.74) is 2.48. The SMILES string of the molecule is CC1c2cc(O)ccc2CC[N+]12CCS(=O)(=O)CC2.[Cl-]. The van der Waals surface area contributed by atoms with Crippen LogP contribution < -0.4 is 12.4 Å². The number of benzene rings is 1. The number of fused-ring (bicyclic) bond motifs is 1. The summed E-state index contributed by atoms with van der Waals surface area (Å²) in [5, 5.41) is 9.67. The average Bonchev–Trinajstić information content (AvgIpc) is 2.38. The molecule has 6 heteroatoms. The van der Waals surface area contributed by atoms with Crippen LogP contribution in [-0.2, 0) is 16.3 Å². The van der Waals surface area contributed by atoms with E-state index in [4.69, 9.17) is 0 Å². The van der Waals surface area contributed by atoms with Gasteiger partial charge in [0.05, 0.1) is 31.1 Å². The smallest absolute Gasteiger partial charge is 0.161 e. The number of hydrogen-bond acceptors (Lipinski definition) is 3. The van der Waals surface area contributed by atoms with E-state index in [2.05, 4.69) is 6.92 Å². The van der Waals surface area contributed by atoms with Gasteiger partial charge in [-0.25, -0.2) is 8.42 Å². The Hall–Kier alpha value is -0.780. The summed E-state index contributed by atoms with van der Waals surface area (Å²) < 4.78 is 24.1. The molecule has 0 aromatic heterocycles. The van der Waals surface area contributed by atoms with E-state index in [1.807, 2.05) is 12.1 Å². The number of phenolic OH excluding ortho intramolecular Hbond substituents is 1. The minimum absolute atomic E-state index is 0. The third-order valence-corrected chi connectivity index (χ3v) is 6.53. The highest BCUT2D eigenvalue weighted by Crippen LogP contribution is 2.38. The van der Waals surface area contributed by atoms with Gasteiger partial charge in [0, 0.05) is 12.0 Å². The van der Waals surface area contributed by atoms with Gasteiger partial charge >= 0.3 is 0 Å². The van der Waals surface area contributed by atoms with Crippen LogP contribution >= 0.6 is 0 Å². The van der Waals surface area contributed by atoms with Gasteiger partial charge in [0.25, 0.3) is 0 Å². The normalized spacial score (nSPS) is 26.6. The molecule has 1 N–H and O–H groups in total. The Morgan fingerprint density at radius 2 is 1.85 bits per heavy atom. The van der Waals surface area contributed by atoms with E-state index in [1.54, 1.807) is 6.07 Å². The van der Waals surface area contributed by atoms with Crippen molar-refractivity contribution >= 4 is 9.84 Å². The number of quaternary nitrogens is 1. The number of phenols is 1. The minimum atomic E-state index is -2.83. The van der Waals surface area contributed by atoms with Crippen LogP contribution in [0.5, 0.6) is 5.75 Å². The molecule has 1 aromatic carbocycles. The molecular formula is C14H20ClNO3S. The zero-order chi connectivity index (χ0) is 13.7. The Labute approximate surface area is 126 Å². The van der Waals surface area contributed by atoms with Crippen LogP contribution in [-0.4, -0.2) is 49.1 Å². The van der Waals surface area contributed by atoms with Crippen LogP contribution in [0.4, 0.5) is 0 Å². The second-order valence-corrected chi connectivity index (χ2v) is 8.15. The Balaban J connectivity index is 0.00000147. The van der Waals surface area contributed by atoms with Crippen molar-refractivity contribution in [3.05, 3.63) is 29.3 Å². The molecule has 0 saturated carbocycles. The Kier molecular flexibility index (Phi) is 4.06. The second kappa shape index (κ2) is 5.20. The number of halogens is 1. The molecule has 3 rings (SSSR count). The standard InChI is InChI=1S/C14H19NO3S.ClH/c1-11-14-10-13(16)3-2-12(14)4-5-15(11)6-8-19(17,18)9-7-15;/h2-3,10-11H,4-9H2,1H3;1H. The summed E-state index contributed by atoms with van der Waals surface area (Å²) in [6, 6.07) is 5.85. The highest BCUT2D eigenvalue weighted by molar-refractivity contribution is 7.91. The lowest BCUT2D eigenvalue weighted by atomic mass is 9.90. The first kappa shape index (κ1) is 15.6. The molecule has 0 bridgehead atoms. The van der Waals surface area contributed by atoms with Gasteiger partial charge in [0.2, 0.25) is 0 Å². The van der Waals surface area contributed by atoms with E-state index in [1.165, 1.54) is 11.1 Å². The van der Waals surface area contributed by atoms with Gasteiger partial charge in [-0.15, -0.1) is 0 Å². The second-order valence-electron chi connectivity index (χ2n) is 5.85. The van der Waals surface area contributed by atoms with Crippen LogP contribution in [0, 0.1) is 0 Å². The maximum Gasteiger partial charge on any atom is 0.161 e. The lowest BCUT2D eigenvalue weighted by Gasteiger charge is -2.49. The first-order valence-corrected chi connectivity index (χ1v) is 8.62. The molecule has 1 atom stereocenters. The van der Waals surface area contributed by atoms with Gasteiger partial charge in [-0.05, 0) is 24.6 Å². The van der Waals surface area contributed by atoms with Gasteiger partial charge in [0.15, 0.2) is 9.84 Å². The summed E-state index contributed by atoms with van der Waals surface area (Å²) in [6.07, 6.45) is 0.972. The molecule has 1 spiro atoms. The van der Waals surface area contributed by atoms with Crippen LogP contribution in [0.3, 0.4) is 0 Å². The summed E-state index contributed by atoms with van der Waals surface area (Å²) in [5.74, 6) is 0.895. The molecule has 0 amide bonds. The molecule has 1 unspecified atom stereocenters. The van der Waals surface area contributed by atoms with E-state index in [0.29, 0.717) is 30.3 Å². The molecule has 20 heavy (non-hydrogen) atoms. The lowest BCUT2D eigenvalue weighted by molar-refractivity contribution is -0.954. The van der Waals surface area contributed by atoms with Crippen LogP contribution in [0.1, 0.15) is 24.1 Å². The van der Waals surface area contributed by atoms with Crippen molar-refractivity contribution in [2.45, 2.75) is 19.4 Å². The fourth-order valence-corrected chi connectivity index (χ4v) is 4.98. The average molecular weight is 318 g/mol. The highest BCUT2D eigenvalue weighted by Gasteiger charge is 2.43. The molecule has 2 aliphatic rings. The van der Waals surface area contributed by atoms with Crippen LogP contribution in [0.25, 0.3) is 0 Å². The van der Waals surface area contributed by atoms with E-state index < -0.39 is 9.84 Å². The van der Waals surface area contributed by atoms with Gasteiger partial charge in [0.1, 0.15) is 11.8 Å². The van der Waals surface area contributed by atoms with Crippen molar-refractivity contribution in [3.63, 3.8) is 0 Å². The molecule has 0 aliphatic carbocycles.